The summed E-state index contributed by atoms with van der Waals surface area (Å²) in [5.74, 6) is -0.725. The van der Waals surface area contributed by atoms with Gasteiger partial charge >= 0.3 is 5.97 Å². The van der Waals surface area contributed by atoms with Crippen LogP contribution in [0.4, 0.5) is 5.69 Å². The molecule has 3 heterocycles. The molecule has 0 unspecified atom stereocenters. The molecule has 0 atom stereocenters. The average Bonchev–Trinajstić information content (AvgIpc) is 3.47. The molecule has 1 N–H and O–H groups in total. The number of nitrogens with zero attached hydrogens (tertiary/aromatic N) is 2. The Hall–Kier alpha value is -4.02. The number of hydrogen-bond acceptors (Lipinski definition) is 7. The molecule has 0 aliphatic carbocycles. The van der Waals surface area contributed by atoms with Crippen LogP contribution in [0.1, 0.15) is 29.6 Å². The summed E-state index contributed by atoms with van der Waals surface area (Å²) in [4.78, 5) is 30.1. The molecule has 1 fully saturated rings. The number of ether oxygens (including phenoxy) is 1. The first kappa shape index (κ1) is 24.7. The molecule has 1 amide bonds. The van der Waals surface area contributed by atoms with Crippen LogP contribution < -0.4 is 5.32 Å². The third-order valence-corrected chi connectivity index (χ3v) is 8.05. The number of nitrogens with one attached hydrogen (secondary N) is 1. The molecular weight excluding hydrogens is 494 g/mol. The van der Waals surface area contributed by atoms with Crippen molar-refractivity contribution < 1.29 is 27.2 Å². The highest BCUT2D eigenvalue weighted by molar-refractivity contribution is 7.89. The van der Waals surface area contributed by atoms with Gasteiger partial charge in [0.2, 0.25) is 10.0 Å². The quantitative estimate of drug-likeness (QED) is 0.358. The predicted octanol–water partition coefficient (Wildman–Crippen LogP) is 4.46. The normalized spacial score (nSPS) is 14.4. The van der Waals surface area contributed by atoms with Gasteiger partial charge < -0.3 is 14.5 Å². The van der Waals surface area contributed by atoms with Crippen molar-refractivity contribution in [2.75, 3.05) is 25.0 Å². The lowest BCUT2D eigenvalue weighted by Gasteiger charge is -2.25. The molecule has 37 heavy (non-hydrogen) atoms. The molecule has 190 valence electrons. The number of carbonyl (C=O) groups excluding carboxylic acids is 2. The van der Waals surface area contributed by atoms with Crippen LogP contribution in [0.5, 0.6) is 0 Å². The number of fused-ring (bicyclic) bond motifs is 1. The summed E-state index contributed by atoms with van der Waals surface area (Å²) >= 11 is 0. The van der Waals surface area contributed by atoms with Gasteiger partial charge in [-0.3, -0.25) is 4.79 Å². The van der Waals surface area contributed by atoms with Crippen molar-refractivity contribution in [1.82, 2.24) is 9.29 Å². The number of sulfonamides is 1. The predicted molar refractivity (Wildman–Crippen MR) is 137 cm³/mol. The summed E-state index contributed by atoms with van der Waals surface area (Å²) in [6.45, 7) is 0.517. The second-order valence-electron chi connectivity index (χ2n) is 8.66. The fraction of sp³-hybridized carbons (Fsp3) is 0.222. The van der Waals surface area contributed by atoms with Gasteiger partial charge in [0.1, 0.15) is 5.69 Å². The smallest absolute Gasteiger partial charge is 0.339 e. The number of amides is 1. The van der Waals surface area contributed by atoms with Crippen molar-refractivity contribution >= 4 is 38.5 Å². The van der Waals surface area contributed by atoms with Gasteiger partial charge in [-0.2, -0.15) is 4.31 Å². The first-order valence-electron chi connectivity index (χ1n) is 11.9. The molecule has 10 heteroatoms. The van der Waals surface area contributed by atoms with Crippen molar-refractivity contribution in [1.29, 1.82) is 0 Å². The second kappa shape index (κ2) is 10.5. The molecule has 1 aliphatic rings. The van der Waals surface area contributed by atoms with Crippen LogP contribution in [0.15, 0.2) is 82.3 Å². The van der Waals surface area contributed by atoms with Gasteiger partial charge in [0.05, 0.1) is 22.2 Å². The van der Waals surface area contributed by atoms with E-state index in [-0.39, 0.29) is 10.5 Å². The maximum atomic E-state index is 12.9. The lowest BCUT2D eigenvalue weighted by atomic mass is 10.1. The fourth-order valence-corrected chi connectivity index (χ4v) is 5.78. The van der Waals surface area contributed by atoms with Gasteiger partial charge in [-0.25, -0.2) is 18.2 Å². The van der Waals surface area contributed by atoms with Gasteiger partial charge in [0.15, 0.2) is 12.4 Å². The molecule has 2 aromatic heterocycles. The summed E-state index contributed by atoms with van der Waals surface area (Å²) < 4.78 is 37.8. The van der Waals surface area contributed by atoms with E-state index in [9.17, 15) is 18.0 Å². The van der Waals surface area contributed by atoms with Crippen LogP contribution in [-0.2, 0) is 19.6 Å². The van der Waals surface area contributed by atoms with Crippen molar-refractivity contribution in [3.63, 3.8) is 0 Å². The standard InChI is InChI=1S/C27H25N3O6S/c31-26(28-19-10-12-20(13-11-19)37(33,34)30-14-4-1-5-15-30)18-36-27(32)22-17-24(25-9-6-16-35-25)29-23-8-3-2-7-21(22)23/h2-3,6-13,16-17H,1,4-5,14-15,18H2,(H,28,31). The largest absolute Gasteiger partial charge is 0.463 e. The lowest BCUT2D eigenvalue weighted by Crippen LogP contribution is -2.35. The van der Waals surface area contributed by atoms with Crippen molar-refractivity contribution in [3.05, 3.63) is 78.6 Å². The third kappa shape index (κ3) is 5.40. The van der Waals surface area contributed by atoms with E-state index in [0.717, 1.165) is 19.3 Å². The minimum atomic E-state index is -3.56. The number of benzene rings is 2. The molecule has 0 saturated carbocycles. The Kier molecular flexibility index (Phi) is 7.02. The van der Waals surface area contributed by atoms with Crippen LogP contribution >= 0.6 is 0 Å². The number of anilines is 1. The number of piperidine rings is 1. The van der Waals surface area contributed by atoms with Crippen LogP contribution in [-0.4, -0.2) is 49.3 Å². The van der Waals surface area contributed by atoms with Crippen LogP contribution in [0.3, 0.4) is 0 Å². The van der Waals surface area contributed by atoms with E-state index in [1.54, 1.807) is 36.4 Å². The highest BCUT2D eigenvalue weighted by atomic mass is 32.2. The molecule has 1 saturated heterocycles. The first-order chi connectivity index (χ1) is 17.9. The van der Waals surface area contributed by atoms with E-state index >= 15 is 0 Å². The van der Waals surface area contributed by atoms with E-state index < -0.39 is 28.5 Å². The topological polar surface area (TPSA) is 119 Å². The van der Waals surface area contributed by atoms with Crippen molar-refractivity contribution in [3.8, 4) is 11.5 Å². The van der Waals surface area contributed by atoms with Gasteiger partial charge in [-0.1, -0.05) is 24.6 Å². The maximum Gasteiger partial charge on any atom is 0.339 e. The van der Waals surface area contributed by atoms with E-state index in [2.05, 4.69) is 10.3 Å². The molecule has 5 rings (SSSR count). The Morgan fingerprint density at radius 2 is 1.73 bits per heavy atom. The molecule has 4 aromatic rings. The van der Waals surface area contributed by atoms with Gasteiger partial charge in [-0.05, 0) is 61.4 Å². The second-order valence-corrected chi connectivity index (χ2v) is 10.6. The Morgan fingerprint density at radius 1 is 0.973 bits per heavy atom. The van der Waals surface area contributed by atoms with E-state index in [4.69, 9.17) is 9.15 Å². The number of furan rings is 1. The number of rotatable bonds is 7. The molecule has 2 aromatic carbocycles. The summed E-state index contributed by atoms with van der Waals surface area (Å²) in [5, 5.41) is 3.22. The Bertz CT molecular complexity index is 1530. The lowest BCUT2D eigenvalue weighted by molar-refractivity contribution is -0.119. The Morgan fingerprint density at radius 3 is 2.46 bits per heavy atom. The number of carbonyl (C=O) groups is 2. The Balaban J connectivity index is 1.24. The van der Waals surface area contributed by atoms with E-state index in [1.807, 2.05) is 6.07 Å². The monoisotopic (exact) mass is 519 g/mol. The van der Waals surface area contributed by atoms with Gasteiger partial charge in [-0.15, -0.1) is 0 Å². The van der Waals surface area contributed by atoms with Crippen molar-refractivity contribution in [2.45, 2.75) is 24.2 Å². The molecule has 9 nitrogen and oxygen atoms in total. The molecule has 0 spiro atoms. The molecule has 0 bridgehead atoms. The van der Waals surface area contributed by atoms with Gasteiger partial charge in [0, 0.05) is 24.2 Å². The number of hydrogen-bond donors (Lipinski definition) is 1. The molecule has 1 aliphatic heterocycles. The number of esters is 1. The van der Waals surface area contributed by atoms with E-state index in [0.29, 0.717) is 41.1 Å². The minimum absolute atomic E-state index is 0.177. The number of aromatic nitrogens is 1. The average molecular weight is 520 g/mol. The Labute approximate surface area is 214 Å². The zero-order valence-electron chi connectivity index (χ0n) is 19.9. The zero-order chi connectivity index (χ0) is 25.8. The summed E-state index contributed by atoms with van der Waals surface area (Å²) in [5.41, 5.74) is 1.72. The van der Waals surface area contributed by atoms with Crippen molar-refractivity contribution in [2.24, 2.45) is 0 Å². The highest BCUT2D eigenvalue weighted by Gasteiger charge is 2.25. The summed E-state index contributed by atoms with van der Waals surface area (Å²) in [7, 11) is -3.56. The zero-order valence-corrected chi connectivity index (χ0v) is 20.7. The maximum absolute atomic E-state index is 12.9. The third-order valence-electron chi connectivity index (χ3n) is 6.13. The summed E-state index contributed by atoms with van der Waals surface area (Å²) in [6, 6.07) is 18.1. The molecular formula is C27H25N3O6S. The van der Waals surface area contributed by atoms with Gasteiger partial charge in [0.25, 0.3) is 5.91 Å². The van der Waals surface area contributed by atoms with Crippen LogP contribution in [0.25, 0.3) is 22.4 Å². The minimum Gasteiger partial charge on any atom is -0.463 e. The van der Waals surface area contributed by atoms with Crippen LogP contribution in [0.2, 0.25) is 0 Å². The summed E-state index contributed by atoms with van der Waals surface area (Å²) in [6.07, 6.45) is 4.26. The highest BCUT2D eigenvalue weighted by Crippen LogP contribution is 2.26. The SMILES string of the molecule is O=C(COC(=O)c1cc(-c2ccco2)nc2ccccc12)Nc1ccc(S(=O)(=O)N2CCCCC2)cc1. The van der Waals surface area contributed by atoms with Crippen LogP contribution in [0, 0.1) is 0 Å². The molecule has 0 radical (unpaired) electrons. The first-order valence-corrected chi connectivity index (χ1v) is 13.4. The number of para-hydroxylation sites is 1. The van der Waals surface area contributed by atoms with E-state index in [1.165, 1.54) is 34.8 Å². The number of pyridine rings is 1. The fourth-order valence-electron chi connectivity index (χ4n) is 4.27.